The molecule has 0 saturated carbocycles. The monoisotopic (exact) mass is 913 g/mol. The molecule has 0 aliphatic rings. The van der Waals surface area contributed by atoms with E-state index >= 15 is 0 Å². The van der Waals surface area contributed by atoms with E-state index in [9.17, 15) is 59.2 Å². The first-order valence-electron chi connectivity index (χ1n) is 17.4. The molecule has 7 aromatic carbocycles. The lowest BCUT2D eigenvalue weighted by Gasteiger charge is -2.14. The van der Waals surface area contributed by atoms with E-state index in [2.05, 4.69) is 30.7 Å². The maximum absolute atomic E-state index is 12.5. The Bertz CT molecular complexity index is 3480. The van der Waals surface area contributed by atoms with E-state index in [-0.39, 0.29) is 39.2 Å². The van der Waals surface area contributed by atoms with Gasteiger partial charge in [-0.25, -0.2) is 0 Å². The number of hydrogen-bond donors (Lipinski definition) is 7. The quantitative estimate of drug-likeness (QED) is 0.0209. The first-order chi connectivity index (χ1) is 29.6. The van der Waals surface area contributed by atoms with E-state index in [1.165, 1.54) is 48.5 Å². The lowest BCUT2D eigenvalue weighted by atomic mass is 10.0. The van der Waals surface area contributed by atoms with Crippen LogP contribution in [0.1, 0.15) is 0 Å². The van der Waals surface area contributed by atoms with Gasteiger partial charge in [-0.2, -0.15) is 40.6 Å². The summed E-state index contributed by atoms with van der Waals surface area (Å²) in [6.07, 6.45) is 0. The van der Waals surface area contributed by atoms with Gasteiger partial charge in [-0.3, -0.25) is 23.8 Å². The van der Waals surface area contributed by atoms with E-state index in [0.29, 0.717) is 11.1 Å². The van der Waals surface area contributed by atoms with Crippen molar-refractivity contribution in [3.63, 3.8) is 0 Å². The molecule has 63 heavy (non-hydrogen) atoms. The molecule has 25 heteroatoms. The predicted octanol–water partition coefficient (Wildman–Crippen LogP) is 9.13. The minimum Gasteiger partial charge on any atom is -0.505 e. The van der Waals surface area contributed by atoms with Crippen LogP contribution in [0.5, 0.6) is 11.5 Å². The van der Waals surface area contributed by atoms with Crippen molar-refractivity contribution in [3.05, 3.63) is 119 Å². The summed E-state index contributed by atoms with van der Waals surface area (Å²) in [6, 6.07) is 24.1. The summed E-state index contributed by atoms with van der Waals surface area (Å²) < 4.78 is 104. The molecule has 0 amide bonds. The van der Waals surface area contributed by atoms with E-state index in [1.807, 2.05) is 0 Å². The van der Waals surface area contributed by atoms with Crippen molar-refractivity contribution in [1.82, 2.24) is 0 Å². The fourth-order valence-electron chi connectivity index (χ4n) is 6.23. The number of phenolic OH excluding ortho intramolecular Hbond substituents is 2. The van der Waals surface area contributed by atoms with Crippen molar-refractivity contribution in [1.29, 1.82) is 0 Å². The third kappa shape index (κ3) is 8.84. The highest BCUT2D eigenvalue weighted by Crippen LogP contribution is 2.49. The van der Waals surface area contributed by atoms with Crippen LogP contribution in [0.2, 0.25) is 0 Å². The fraction of sp³-hybridized carbons (Fsp3) is 0. The molecule has 320 valence electrons. The van der Waals surface area contributed by atoms with Gasteiger partial charge in [-0.05, 0) is 82.6 Å². The molecule has 0 saturated heterocycles. The number of nitrogen functional groups attached to an aromatic ring is 2. The number of nitrogens with zero attached hydrogens (tertiary/aromatic N) is 7. The van der Waals surface area contributed by atoms with E-state index in [0.717, 1.165) is 30.3 Å². The third-order valence-corrected chi connectivity index (χ3v) is 11.8. The Kier molecular flexibility index (Phi) is 11.2. The zero-order chi connectivity index (χ0) is 45.6. The first kappa shape index (κ1) is 43.3. The highest BCUT2D eigenvalue weighted by atomic mass is 32.2. The summed E-state index contributed by atoms with van der Waals surface area (Å²) in [5, 5.41) is 56.2. The van der Waals surface area contributed by atoms with Crippen molar-refractivity contribution in [3.8, 4) is 22.6 Å². The maximum Gasteiger partial charge on any atom is 0.296 e. The molecule has 7 rings (SSSR count). The van der Waals surface area contributed by atoms with Gasteiger partial charge in [-0.1, -0.05) is 36.4 Å². The number of aromatic hydroxyl groups is 2. The molecule has 0 aromatic heterocycles. The molecule has 0 radical (unpaired) electrons. The molecule has 0 atom stereocenters. The maximum atomic E-state index is 12.5. The van der Waals surface area contributed by atoms with Gasteiger partial charge >= 0.3 is 0 Å². The Hall–Kier alpha value is -7.81. The number of anilines is 2. The fourth-order valence-corrected chi connectivity index (χ4v) is 8.22. The normalized spacial score (nSPS) is 12.6. The van der Waals surface area contributed by atoms with E-state index < -0.39 is 95.0 Å². The van der Waals surface area contributed by atoms with E-state index in [1.54, 1.807) is 30.3 Å². The van der Waals surface area contributed by atoms with Crippen LogP contribution < -0.4 is 11.5 Å². The second-order valence-electron chi connectivity index (χ2n) is 13.2. The van der Waals surface area contributed by atoms with Crippen LogP contribution in [0.4, 0.5) is 51.2 Å². The summed E-state index contributed by atoms with van der Waals surface area (Å²) in [5.41, 5.74) is 11.0. The van der Waals surface area contributed by atoms with Gasteiger partial charge in [-0.15, -0.1) is 15.3 Å². The zero-order valence-electron chi connectivity index (χ0n) is 31.4. The molecule has 0 fully saturated rings. The highest BCUT2D eigenvalue weighted by molar-refractivity contribution is 7.86. The number of nitro groups is 1. The average Bonchev–Trinajstić information content (AvgIpc) is 3.21. The molecule has 0 aliphatic heterocycles. The van der Waals surface area contributed by atoms with Crippen LogP contribution in [-0.2, 0) is 30.4 Å². The van der Waals surface area contributed by atoms with Crippen LogP contribution in [0.25, 0.3) is 32.7 Å². The van der Waals surface area contributed by atoms with Crippen LogP contribution in [0.15, 0.2) is 155 Å². The molecule has 0 bridgehead atoms. The number of azo groups is 3. The van der Waals surface area contributed by atoms with Crippen molar-refractivity contribution >= 4 is 103 Å². The van der Waals surface area contributed by atoms with Crippen LogP contribution in [-0.4, -0.2) is 54.0 Å². The number of non-ortho nitro benzene ring substituents is 1. The van der Waals surface area contributed by atoms with Gasteiger partial charge in [0.2, 0.25) is 0 Å². The lowest BCUT2D eigenvalue weighted by Crippen LogP contribution is -2.03. The van der Waals surface area contributed by atoms with Crippen molar-refractivity contribution in [2.75, 3.05) is 11.5 Å². The summed E-state index contributed by atoms with van der Waals surface area (Å²) in [5.74, 6) is -1.59. The number of benzene rings is 7. The number of phenols is 2. The molecule has 9 N–H and O–H groups in total. The minimum absolute atomic E-state index is 0.00298. The van der Waals surface area contributed by atoms with Crippen LogP contribution in [0, 0.1) is 10.1 Å². The lowest BCUT2D eigenvalue weighted by molar-refractivity contribution is -0.384. The minimum atomic E-state index is -5.19. The summed E-state index contributed by atoms with van der Waals surface area (Å²) >= 11 is 0. The Morgan fingerprint density at radius 3 is 1.30 bits per heavy atom. The number of fused-ring (bicyclic) bond motifs is 2. The SMILES string of the molecule is Nc1cccc2cc(S(=O)(=O)O)c(N=Nc3ccc(-c4ccc(N=Nc5c(S(=O)(=O)O)cc6cc(S(=O)(=O)O)c(N=Nc7ccc([N+](=O)[O-])cc7)c(N)c6c5O)cc4)cc3)c(O)c12. The number of hydrogen-bond acceptors (Lipinski definition) is 18. The van der Waals surface area contributed by atoms with Crippen LogP contribution in [0.3, 0.4) is 0 Å². The molecule has 0 heterocycles. The largest absolute Gasteiger partial charge is 0.505 e. The number of nitro benzene ring substituents is 1. The molecule has 22 nitrogen and oxygen atoms in total. The summed E-state index contributed by atoms with van der Waals surface area (Å²) in [7, 11) is -15.2. The Morgan fingerprint density at radius 2 is 0.873 bits per heavy atom. The smallest absolute Gasteiger partial charge is 0.296 e. The number of nitrogens with two attached hydrogens (primary N) is 2. The highest BCUT2D eigenvalue weighted by Gasteiger charge is 2.28. The second-order valence-corrected chi connectivity index (χ2v) is 17.4. The van der Waals surface area contributed by atoms with Crippen LogP contribution >= 0.6 is 0 Å². The predicted molar refractivity (Wildman–Crippen MR) is 227 cm³/mol. The van der Waals surface area contributed by atoms with Gasteiger partial charge in [0.15, 0.2) is 11.5 Å². The van der Waals surface area contributed by atoms with Gasteiger partial charge in [0, 0.05) is 23.2 Å². The Balaban J connectivity index is 1.19. The molecule has 0 spiro atoms. The summed E-state index contributed by atoms with van der Waals surface area (Å²) in [6.45, 7) is 0. The third-order valence-electron chi connectivity index (χ3n) is 9.18. The average molecular weight is 914 g/mol. The topological polar surface area (TPSA) is 373 Å². The molecular formula is C38H27N9O13S3. The Labute approximate surface area is 354 Å². The Morgan fingerprint density at radius 1 is 0.492 bits per heavy atom. The standard InChI is InChI=1S/C38H27N9O13S3/c39-27-3-1-2-21-16-29(62(55,56)57)35(37(48)31(21)27)45-42-23-8-4-19(5-9-23)20-6-10-24(11-7-20)43-46-36-30(63(58,59)60)18-22-17-28(61(52,53)54)34(33(40)32(22)38(36)49)44-41-25-12-14-26(15-13-25)47(50)51/h1-18,48-49H,39-40H2,(H,52,53,54)(H,55,56,57)(H,58,59,60). The first-order valence-corrected chi connectivity index (χ1v) is 21.7. The second kappa shape index (κ2) is 16.2. The molecule has 0 aliphatic carbocycles. The van der Waals surface area contributed by atoms with E-state index in [4.69, 9.17) is 11.5 Å². The van der Waals surface area contributed by atoms with Crippen molar-refractivity contribution < 1.29 is 54.0 Å². The van der Waals surface area contributed by atoms with Crippen molar-refractivity contribution in [2.24, 2.45) is 30.7 Å². The van der Waals surface area contributed by atoms with Gasteiger partial charge in [0.25, 0.3) is 36.0 Å². The molecule has 7 aromatic rings. The van der Waals surface area contributed by atoms with Gasteiger partial charge < -0.3 is 21.7 Å². The molecular weight excluding hydrogens is 887 g/mol. The van der Waals surface area contributed by atoms with Crippen molar-refractivity contribution in [2.45, 2.75) is 14.7 Å². The zero-order valence-corrected chi connectivity index (χ0v) is 33.9. The van der Waals surface area contributed by atoms with Gasteiger partial charge in [0.05, 0.1) is 33.1 Å². The summed E-state index contributed by atoms with van der Waals surface area (Å²) in [4.78, 5) is 7.67. The van der Waals surface area contributed by atoms with Gasteiger partial charge in [0.1, 0.15) is 31.7 Å². The molecule has 0 unspecified atom stereocenters. The number of rotatable bonds is 11.